The summed E-state index contributed by atoms with van der Waals surface area (Å²) in [7, 11) is 3.26. The molecule has 0 aliphatic carbocycles. The zero-order valence-electron chi connectivity index (χ0n) is 12.0. The second kappa shape index (κ2) is 5.83. The first-order valence-corrected chi connectivity index (χ1v) is 6.69. The average molecular weight is 287 g/mol. The molecule has 21 heavy (non-hydrogen) atoms. The van der Waals surface area contributed by atoms with Gasteiger partial charge in [-0.05, 0) is 36.4 Å². The van der Waals surface area contributed by atoms with Crippen molar-refractivity contribution < 1.29 is 18.9 Å². The van der Waals surface area contributed by atoms with Crippen LogP contribution in [0.1, 0.15) is 0 Å². The van der Waals surface area contributed by atoms with Crippen LogP contribution in [0.5, 0.6) is 23.0 Å². The highest BCUT2D eigenvalue weighted by Crippen LogP contribution is 2.45. The fourth-order valence-electron chi connectivity index (χ4n) is 2.20. The third kappa shape index (κ3) is 2.67. The molecule has 2 aromatic rings. The molecule has 0 fully saturated rings. The van der Waals surface area contributed by atoms with E-state index < -0.39 is 0 Å². The molecule has 0 radical (unpaired) electrons. The standard InChI is InChI=1S/C16H17NO4/c1-18-12-5-3-11(4-6-12)17-13-7-8-14(19-2)16-15(13)20-9-10-21-16/h3-8,17H,9-10H2,1-2H3. The summed E-state index contributed by atoms with van der Waals surface area (Å²) in [6, 6.07) is 11.5. The fourth-order valence-corrected chi connectivity index (χ4v) is 2.20. The first-order chi connectivity index (χ1) is 10.3. The van der Waals surface area contributed by atoms with Crippen molar-refractivity contribution >= 4 is 11.4 Å². The summed E-state index contributed by atoms with van der Waals surface area (Å²) < 4.78 is 21.8. The van der Waals surface area contributed by atoms with Gasteiger partial charge in [-0.25, -0.2) is 0 Å². The zero-order chi connectivity index (χ0) is 14.7. The molecule has 110 valence electrons. The fraction of sp³-hybridized carbons (Fsp3) is 0.250. The molecular formula is C16H17NO4. The highest BCUT2D eigenvalue weighted by Gasteiger charge is 2.21. The van der Waals surface area contributed by atoms with E-state index >= 15 is 0 Å². The second-order valence-electron chi connectivity index (χ2n) is 4.52. The van der Waals surface area contributed by atoms with Crippen molar-refractivity contribution in [2.75, 3.05) is 32.8 Å². The van der Waals surface area contributed by atoms with Crippen molar-refractivity contribution in [3.63, 3.8) is 0 Å². The number of ether oxygens (including phenoxy) is 4. The normalized spacial score (nSPS) is 12.7. The maximum atomic E-state index is 5.72. The number of fused-ring (bicyclic) bond motifs is 1. The van der Waals surface area contributed by atoms with Gasteiger partial charge >= 0.3 is 0 Å². The first-order valence-electron chi connectivity index (χ1n) is 6.69. The van der Waals surface area contributed by atoms with Crippen molar-refractivity contribution in [3.8, 4) is 23.0 Å². The lowest BCUT2D eigenvalue weighted by molar-refractivity contribution is 0.166. The monoisotopic (exact) mass is 287 g/mol. The van der Waals surface area contributed by atoms with Gasteiger partial charge in [0, 0.05) is 5.69 Å². The van der Waals surface area contributed by atoms with Gasteiger partial charge in [0.15, 0.2) is 11.5 Å². The molecular weight excluding hydrogens is 270 g/mol. The molecule has 0 bridgehead atoms. The van der Waals surface area contributed by atoms with Crippen LogP contribution in [0.4, 0.5) is 11.4 Å². The largest absolute Gasteiger partial charge is 0.497 e. The second-order valence-corrected chi connectivity index (χ2v) is 4.52. The molecule has 5 nitrogen and oxygen atoms in total. The summed E-state index contributed by atoms with van der Waals surface area (Å²) in [6.45, 7) is 1.05. The molecule has 5 heteroatoms. The van der Waals surface area contributed by atoms with E-state index in [9.17, 15) is 0 Å². The third-order valence-corrected chi connectivity index (χ3v) is 3.24. The van der Waals surface area contributed by atoms with Gasteiger partial charge in [-0.1, -0.05) is 0 Å². The van der Waals surface area contributed by atoms with Gasteiger partial charge < -0.3 is 24.3 Å². The van der Waals surface area contributed by atoms with Gasteiger partial charge in [0.1, 0.15) is 19.0 Å². The molecule has 0 saturated carbocycles. The average Bonchev–Trinajstić information content (AvgIpc) is 2.56. The van der Waals surface area contributed by atoms with E-state index in [-0.39, 0.29) is 0 Å². The van der Waals surface area contributed by atoms with Crippen molar-refractivity contribution in [3.05, 3.63) is 36.4 Å². The Kier molecular flexibility index (Phi) is 3.73. The number of methoxy groups -OCH3 is 2. The Labute approximate surface area is 123 Å². The van der Waals surface area contributed by atoms with E-state index in [2.05, 4.69) is 5.32 Å². The number of hydrogen-bond donors (Lipinski definition) is 1. The highest BCUT2D eigenvalue weighted by atomic mass is 16.6. The predicted octanol–water partition coefficient (Wildman–Crippen LogP) is 3.22. The molecule has 0 spiro atoms. The number of nitrogens with one attached hydrogen (secondary N) is 1. The maximum absolute atomic E-state index is 5.72. The Hall–Kier alpha value is -2.56. The van der Waals surface area contributed by atoms with Gasteiger partial charge in [-0.2, -0.15) is 0 Å². The van der Waals surface area contributed by atoms with Crippen LogP contribution in [-0.2, 0) is 0 Å². The molecule has 1 heterocycles. The van der Waals surface area contributed by atoms with Crippen molar-refractivity contribution in [1.82, 2.24) is 0 Å². The third-order valence-electron chi connectivity index (χ3n) is 3.24. The highest BCUT2D eigenvalue weighted by molar-refractivity contribution is 5.73. The van der Waals surface area contributed by atoms with E-state index in [1.165, 1.54) is 0 Å². The van der Waals surface area contributed by atoms with E-state index in [1.54, 1.807) is 14.2 Å². The molecule has 0 amide bonds. The molecule has 0 unspecified atom stereocenters. The lowest BCUT2D eigenvalue weighted by atomic mass is 10.2. The SMILES string of the molecule is COc1ccc(Nc2ccc(OC)c3c2OCCO3)cc1. The van der Waals surface area contributed by atoms with Crippen molar-refractivity contribution in [2.45, 2.75) is 0 Å². The molecule has 3 rings (SSSR count). The molecule has 0 aromatic heterocycles. The Morgan fingerprint density at radius 1 is 0.857 bits per heavy atom. The number of rotatable bonds is 4. The Balaban J connectivity index is 1.91. The molecule has 1 aliphatic heterocycles. The van der Waals surface area contributed by atoms with Crippen molar-refractivity contribution in [2.24, 2.45) is 0 Å². The topological polar surface area (TPSA) is 49.0 Å². The quantitative estimate of drug-likeness (QED) is 0.935. The van der Waals surface area contributed by atoms with Gasteiger partial charge in [0.2, 0.25) is 5.75 Å². The maximum Gasteiger partial charge on any atom is 0.205 e. The van der Waals surface area contributed by atoms with E-state index in [0.29, 0.717) is 30.5 Å². The minimum Gasteiger partial charge on any atom is -0.497 e. The van der Waals surface area contributed by atoms with E-state index in [1.807, 2.05) is 36.4 Å². The van der Waals surface area contributed by atoms with Crippen LogP contribution in [0, 0.1) is 0 Å². The summed E-state index contributed by atoms with van der Waals surface area (Å²) in [5, 5.41) is 3.32. The molecule has 2 aromatic carbocycles. The lowest BCUT2D eigenvalue weighted by Gasteiger charge is -2.23. The van der Waals surface area contributed by atoms with Crippen LogP contribution in [0.25, 0.3) is 0 Å². The molecule has 1 N–H and O–H groups in total. The first kappa shape index (κ1) is 13.4. The summed E-state index contributed by atoms with van der Waals surface area (Å²) in [5.41, 5.74) is 1.79. The van der Waals surface area contributed by atoms with Gasteiger partial charge in [0.25, 0.3) is 0 Å². The van der Waals surface area contributed by atoms with Crippen LogP contribution in [-0.4, -0.2) is 27.4 Å². The lowest BCUT2D eigenvalue weighted by Crippen LogP contribution is -2.17. The van der Waals surface area contributed by atoms with Crippen LogP contribution in [0.15, 0.2) is 36.4 Å². The Morgan fingerprint density at radius 3 is 2.24 bits per heavy atom. The van der Waals surface area contributed by atoms with E-state index in [4.69, 9.17) is 18.9 Å². The summed E-state index contributed by atoms with van der Waals surface area (Å²) in [6.07, 6.45) is 0. The summed E-state index contributed by atoms with van der Waals surface area (Å²) in [5.74, 6) is 2.81. The number of anilines is 2. The van der Waals surface area contributed by atoms with Crippen molar-refractivity contribution in [1.29, 1.82) is 0 Å². The summed E-state index contributed by atoms with van der Waals surface area (Å²) in [4.78, 5) is 0. The van der Waals surface area contributed by atoms with Crippen LogP contribution in [0.2, 0.25) is 0 Å². The minimum atomic E-state index is 0.523. The Morgan fingerprint density at radius 2 is 1.57 bits per heavy atom. The van der Waals surface area contributed by atoms with Gasteiger partial charge in [0.05, 0.1) is 19.9 Å². The van der Waals surface area contributed by atoms with Crippen LogP contribution in [0.3, 0.4) is 0 Å². The molecule has 0 saturated heterocycles. The molecule has 1 aliphatic rings. The van der Waals surface area contributed by atoms with Crippen LogP contribution >= 0.6 is 0 Å². The Bertz CT molecular complexity index is 625. The number of benzene rings is 2. The summed E-state index contributed by atoms with van der Waals surface area (Å²) >= 11 is 0. The van der Waals surface area contributed by atoms with Gasteiger partial charge in [-0.3, -0.25) is 0 Å². The van der Waals surface area contributed by atoms with Crippen LogP contribution < -0.4 is 24.3 Å². The minimum absolute atomic E-state index is 0.523. The van der Waals surface area contributed by atoms with E-state index in [0.717, 1.165) is 17.1 Å². The zero-order valence-corrected chi connectivity index (χ0v) is 12.0. The number of hydrogen-bond acceptors (Lipinski definition) is 5. The van der Waals surface area contributed by atoms with Gasteiger partial charge in [-0.15, -0.1) is 0 Å². The smallest absolute Gasteiger partial charge is 0.205 e. The predicted molar refractivity (Wildman–Crippen MR) is 80.3 cm³/mol. The molecule has 0 atom stereocenters.